The number of carbonyl (C=O) groups is 1. The third-order valence-electron chi connectivity index (χ3n) is 4.80. The predicted octanol–water partition coefficient (Wildman–Crippen LogP) is 1.01. The van der Waals surface area contributed by atoms with Crippen LogP contribution in [0.1, 0.15) is 19.8 Å². The molecule has 154 valence electrons. The third-order valence-corrected chi connectivity index (χ3v) is 6.70. The molecule has 0 spiro atoms. The Balaban J connectivity index is 1.81. The van der Waals surface area contributed by atoms with Gasteiger partial charge in [-0.25, -0.2) is 8.42 Å². The first kappa shape index (κ1) is 20.5. The summed E-state index contributed by atoms with van der Waals surface area (Å²) in [5, 5.41) is 11.5. The van der Waals surface area contributed by atoms with Gasteiger partial charge in [-0.15, -0.1) is 0 Å². The average Bonchev–Trinajstić information content (AvgIpc) is 3.23. The number of hydrogen-bond acceptors (Lipinski definition) is 7. The van der Waals surface area contributed by atoms with Crippen LogP contribution in [0.15, 0.2) is 23.1 Å². The molecule has 11 heteroatoms. The Kier molecular flexibility index (Phi) is 6.16. The number of benzene rings is 1. The topological polar surface area (TPSA) is 119 Å². The van der Waals surface area contributed by atoms with E-state index in [2.05, 4.69) is 0 Å². The van der Waals surface area contributed by atoms with Crippen LogP contribution in [0.25, 0.3) is 0 Å². The molecule has 1 aromatic rings. The zero-order valence-corrected chi connectivity index (χ0v) is 16.4. The number of nitro groups is 1. The average molecular weight is 413 g/mol. The van der Waals surface area contributed by atoms with Crippen LogP contribution in [-0.2, 0) is 19.6 Å². The molecule has 0 bridgehead atoms. The number of hydrogen-bond donors (Lipinski definition) is 0. The maximum absolute atomic E-state index is 12.6. The fourth-order valence-corrected chi connectivity index (χ4v) is 4.80. The van der Waals surface area contributed by atoms with E-state index in [1.54, 1.807) is 4.90 Å². The Bertz CT molecular complexity index is 846. The summed E-state index contributed by atoms with van der Waals surface area (Å²) in [5.41, 5.74) is -0.484. The van der Waals surface area contributed by atoms with Crippen LogP contribution in [0.2, 0.25) is 0 Å². The van der Waals surface area contributed by atoms with E-state index in [9.17, 15) is 23.3 Å². The highest BCUT2D eigenvalue weighted by atomic mass is 32.2. The van der Waals surface area contributed by atoms with Crippen LogP contribution in [0.3, 0.4) is 0 Å². The number of morpholine rings is 1. The van der Waals surface area contributed by atoms with Gasteiger partial charge >= 0.3 is 5.69 Å². The molecule has 0 radical (unpaired) electrons. The summed E-state index contributed by atoms with van der Waals surface area (Å²) in [6, 6.07) is 3.51. The highest BCUT2D eigenvalue weighted by Gasteiger charge is 2.31. The van der Waals surface area contributed by atoms with Gasteiger partial charge in [-0.2, -0.15) is 4.31 Å². The maximum atomic E-state index is 12.6. The Hall–Kier alpha value is -2.24. The normalized spacial score (nSPS) is 19.4. The molecular weight excluding hydrogens is 390 g/mol. The van der Waals surface area contributed by atoms with Crippen molar-refractivity contribution in [1.82, 2.24) is 9.21 Å². The van der Waals surface area contributed by atoms with Gasteiger partial charge in [0.1, 0.15) is 0 Å². The van der Waals surface area contributed by atoms with Crippen molar-refractivity contribution in [1.29, 1.82) is 0 Å². The highest BCUT2D eigenvalue weighted by Crippen LogP contribution is 2.32. The molecule has 1 atom stereocenters. The van der Waals surface area contributed by atoms with Gasteiger partial charge in [-0.3, -0.25) is 14.9 Å². The van der Waals surface area contributed by atoms with E-state index in [4.69, 9.17) is 9.47 Å². The summed E-state index contributed by atoms with van der Waals surface area (Å²) in [6.07, 6.45) is 0.589. The molecular formula is C17H23N3O7S. The number of nitrogens with zero attached hydrogens (tertiary/aromatic N) is 3. The van der Waals surface area contributed by atoms with Crippen molar-refractivity contribution in [3.8, 4) is 5.75 Å². The summed E-state index contributed by atoms with van der Waals surface area (Å²) in [6.45, 7) is 4.04. The number of nitro benzene ring substituents is 1. The lowest BCUT2D eigenvalue weighted by atomic mass is 10.2. The fourth-order valence-electron chi connectivity index (χ4n) is 3.26. The van der Waals surface area contributed by atoms with Crippen LogP contribution in [0, 0.1) is 10.1 Å². The van der Waals surface area contributed by atoms with Crippen molar-refractivity contribution in [3.63, 3.8) is 0 Å². The van der Waals surface area contributed by atoms with Crippen molar-refractivity contribution in [3.05, 3.63) is 28.3 Å². The Morgan fingerprint density at radius 2 is 1.86 bits per heavy atom. The van der Waals surface area contributed by atoms with Gasteiger partial charge in [-0.05, 0) is 31.9 Å². The van der Waals surface area contributed by atoms with Gasteiger partial charge < -0.3 is 14.4 Å². The van der Waals surface area contributed by atoms with Crippen LogP contribution in [0.5, 0.6) is 5.75 Å². The number of rotatable bonds is 6. The van der Waals surface area contributed by atoms with Crippen molar-refractivity contribution >= 4 is 21.6 Å². The van der Waals surface area contributed by atoms with Gasteiger partial charge in [0.05, 0.1) is 23.0 Å². The molecule has 0 N–H and O–H groups in total. The SMILES string of the molecule is CC(Oc1ccc(S(=O)(=O)N2CCCC2)cc1[N+](=O)[O-])C(=O)N1CCOCC1. The molecule has 0 aliphatic carbocycles. The molecule has 10 nitrogen and oxygen atoms in total. The largest absolute Gasteiger partial charge is 0.474 e. The quantitative estimate of drug-likeness (QED) is 0.504. The molecule has 1 amide bonds. The zero-order chi connectivity index (χ0) is 20.3. The van der Waals surface area contributed by atoms with Gasteiger partial charge in [0.15, 0.2) is 11.9 Å². The van der Waals surface area contributed by atoms with Gasteiger partial charge in [0.2, 0.25) is 10.0 Å². The lowest BCUT2D eigenvalue weighted by molar-refractivity contribution is -0.386. The van der Waals surface area contributed by atoms with Crippen molar-refractivity contribution in [2.24, 2.45) is 0 Å². The van der Waals surface area contributed by atoms with E-state index in [0.29, 0.717) is 39.4 Å². The predicted molar refractivity (Wildman–Crippen MR) is 98.6 cm³/mol. The number of carbonyl (C=O) groups excluding carboxylic acids is 1. The molecule has 2 aliphatic rings. The summed E-state index contributed by atoms with van der Waals surface area (Å²) in [7, 11) is -3.79. The zero-order valence-electron chi connectivity index (χ0n) is 15.6. The van der Waals surface area contributed by atoms with E-state index in [1.165, 1.54) is 23.4 Å². The van der Waals surface area contributed by atoms with E-state index in [1.807, 2.05) is 0 Å². The summed E-state index contributed by atoms with van der Waals surface area (Å²) in [5.74, 6) is -0.439. The first-order valence-electron chi connectivity index (χ1n) is 9.12. The Labute approximate surface area is 163 Å². The van der Waals surface area contributed by atoms with E-state index in [-0.39, 0.29) is 16.6 Å². The van der Waals surface area contributed by atoms with Gasteiger partial charge in [0, 0.05) is 32.2 Å². The first-order valence-corrected chi connectivity index (χ1v) is 10.6. The lowest BCUT2D eigenvalue weighted by Gasteiger charge is -2.29. The molecule has 2 aliphatic heterocycles. The lowest BCUT2D eigenvalue weighted by Crippen LogP contribution is -2.46. The van der Waals surface area contributed by atoms with Crippen LogP contribution in [-0.4, -0.2) is 74.0 Å². The molecule has 28 heavy (non-hydrogen) atoms. The molecule has 2 heterocycles. The monoisotopic (exact) mass is 413 g/mol. The minimum Gasteiger partial charge on any atom is -0.474 e. The van der Waals surface area contributed by atoms with Crippen molar-refractivity contribution in [2.75, 3.05) is 39.4 Å². The molecule has 0 aromatic heterocycles. The van der Waals surface area contributed by atoms with E-state index >= 15 is 0 Å². The summed E-state index contributed by atoms with van der Waals surface area (Å²) in [4.78, 5) is 24.7. The van der Waals surface area contributed by atoms with Crippen LogP contribution in [0.4, 0.5) is 5.69 Å². The standard InChI is InChI=1S/C17H23N3O7S/c1-13(17(21)18-8-10-26-11-9-18)27-16-5-4-14(12-15(16)20(22)23)28(24,25)19-6-2-3-7-19/h4-5,12-13H,2-3,6-11H2,1H3. The van der Waals surface area contributed by atoms with Crippen LogP contribution < -0.4 is 4.74 Å². The molecule has 3 rings (SSSR count). The number of ether oxygens (including phenoxy) is 2. The molecule has 2 fully saturated rings. The van der Waals surface area contributed by atoms with Crippen LogP contribution >= 0.6 is 0 Å². The molecule has 1 aromatic carbocycles. The van der Waals surface area contributed by atoms with Gasteiger partial charge in [-0.1, -0.05) is 0 Å². The Morgan fingerprint density at radius 1 is 1.21 bits per heavy atom. The summed E-state index contributed by atoms with van der Waals surface area (Å²) >= 11 is 0. The van der Waals surface area contributed by atoms with Crippen molar-refractivity contribution < 1.29 is 27.6 Å². The van der Waals surface area contributed by atoms with Crippen molar-refractivity contribution in [2.45, 2.75) is 30.8 Å². The second-order valence-electron chi connectivity index (χ2n) is 6.70. The highest BCUT2D eigenvalue weighted by molar-refractivity contribution is 7.89. The summed E-state index contributed by atoms with van der Waals surface area (Å²) < 4.78 is 37.3. The van der Waals surface area contributed by atoms with E-state index in [0.717, 1.165) is 18.9 Å². The second kappa shape index (κ2) is 8.41. The Morgan fingerprint density at radius 3 is 2.46 bits per heavy atom. The molecule has 0 saturated carbocycles. The maximum Gasteiger partial charge on any atom is 0.312 e. The number of sulfonamides is 1. The smallest absolute Gasteiger partial charge is 0.312 e. The first-order chi connectivity index (χ1) is 13.3. The van der Waals surface area contributed by atoms with Gasteiger partial charge in [0.25, 0.3) is 5.91 Å². The minimum atomic E-state index is -3.79. The minimum absolute atomic E-state index is 0.139. The number of amides is 1. The molecule has 1 unspecified atom stereocenters. The molecule has 2 saturated heterocycles. The fraction of sp³-hybridized carbons (Fsp3) is 0.588. The second-order valence-corrected chi connectivity index (χ2v) is 8.63. The van der Waals surface area contributed by atoms with E-state index < -0.39 is 26.7 Å². The third kappa shape index (κ3) is 4.26.